The molecule has 2 rings (SSSR count). The van der Waals surface area contributed by atoms with Gasteiger partial charge in [0.25, 0.3) is 0 Å². The van der Waals surface area contributed by atoms with Crippen molar-refractivity contribution in [2.45, 2.75) is 20.3 Å². The molecule has 0 aliphatic heterocycles. The van der Waals surface area contributed by atoms with Gasteiger partial charge in [-0.25, -0.2) is 13.4 Å². The van der Waals surface area contributed by atoms with Gasteiger partial charge in [-0.05, 0) is 38.0 Å². The Hall–Kier alpha value is -1.80. The molecule has 0 atom stereocenters. The first-order valence-electron chi connectivity index (χ1n) is 7.00. The Kier molecular flexibility index (Phi) is 5.48. The zero-order chi connectivity index (χ0) is 17.0. The van der Waals surface area contributed by atoms with Crippen LogP contribution < -0.4 is 14.2 Å². The average Bonchev–Trinajstić information content (AvgIpc) is 2.82. The van der Waals surface area contributed by atoms with E-state index in [-0.39, 0.29) is 5.75 Å². The summed E-state index contributed by atoms with van der Waals surface area (Å²) in [6.45, 7) is 3.77. The molecule has 0 saturated heterocycles. The topological polar surface area (TPSA) is 77.5 Å². The summed E-state index contributed by atoms with van der Waals surface area (Å²) in [5.41, 5.74) is 1.70. The molecular formula is C15H20N2O4S2. The van der Waals surface area contributed by atoms with E-state index in [0.717, 1.165) is 16.1 Å². The Morgan fingerprint density at radius 1 is 1.17 bits per heavy atom. The number of methoxy groups -OCH3 is 2. The highest BCUT2D eigenvalue weighted by Gasteiger charge is 2.15. The predicted octanol–water partition coefficient (Wildman–Crippen LogP) is 2.76. The Labute approximate surface area is 140 Å². The molecule has 126 valence electrons. The van der Waals surface area contributed by atoms with Gasteiger partial charge in [-0.1, -0.05) is 6.07 Å². The van der Waals surface area contributed by atoms with E-state index in [0.29, 0.717) is 23.1 Å². The second kappa shape index (κ2) is 7.18. The fourth-order valence-corrected chi connectivity index (χ4v) is 4.12. The van der Waals surface area contributed by atoms with Gasteiger partial charge in [0.1, 0.15) is 0 Å². The molecule has 0 radical (unpaired) electrons. The minimum atomic E-state index is -3.45. The number of ether oxygens (including phenoxy) is 2. The molecule has 8 heteroatoms. The van der Waals surface area contributed by atoms with Gasteiger partial charge in [0.2, 0.25) is 10.0 Å². The maximum absolute atomic E-state index is 12.2. The first-order valence-corrected chi connectivity index (χ1v) is 9.47. The number of hydrogen-bond acceptors (Lipinski definition) is 6. The van der Waals surface area contributed by atoms with Crippen molar-refractivity contribution in [2.24, 2.45) is 0 Å². The minimum absolute atomic E-state index is 0.0276. The number of aryl methyl sites for hydroxylation is 3. The maximum atomic E-state index is 12.2. The van der Waals surface area contributed by atoms with Crippen LogP contribution in [0.2, 0.25) is 0 Å². The molecule has 1 aromatic heterocycles. The molecule has 0 fully saturated rings. The third-order valence-electron chi connectivity index (χ3n) is 3.38. The van der Waals surface area contributed by atoms with Crippen LogP contribution in [0.1, 0.15) is 16.1 Å². The van der Waals surface area contributed by atoms with E-state index >= 15 is 0 Å². The van der Waals surface area contributed by atoms with Crippen LogP contribution in [-0.4, -0.2) is 33.4 Å². The third kappa shape index (κ3) is 4.59. The van der Waals surface area contributed by atoms with Crippen LogP contribution in [0.25, 0.3) is 0 Å². The fraction of sp³-hybridized carbons (Fsp3) is 0.400. The van der Waals surface area contributed by atoms with Gasteiger partial charge < -0.3 is 9.47 Å². The van der Waals surface area contributed by atoms with Gasteiger partial charge in [0.15, 0.2) is 16.6 Å². The van der Waals surface area contributed by atoms with E-state index in [9.17, 15) is 8.42 Å². The average molecular weight is 356 g/mol. The molecule has 0 spiro atoms. The lowest BCUT2D eigenvalue weighted by Crippen LogP contribution is -2.18. The lowest BCUT2D eigenvalue weighted by atomic mass is 10.1. The fourth-order valence-electron chi connectivity index (χ4n) is 1.99. The SMILES string of the molecule is COc1ccc(CCS(=O)(=O)Nc2nc(C)c(C)s2)cc1OC. The minimum Gasteiger partial charge on any atom is -0.493 e. The number of sulfonamides is 1. The molecule has 0 saturated carbocycles. The molecule has 1 N–H and O–H groups in total. The van der Waals surface area contributed by atoms with Gasteiger partial charge in [-0.2, -0.15) is 0 Å². The smallest absolute Gasteiger partial charge is 0.234 e. The van der Waals surface area contributed by atoms with Crippen molar-refractivity contribution < 1.29 is 17.9 Å². The Morgan fingerprint density at radius 2 is 1.87 bits per heavy atom. The standard InChI is InChI=1S/C15H20N2O4S2/c1-10-11(2)22-15(16-10)17-23(18,19)8-7-12-5-6-13(20-3)14(9-12)21-4/h5-6,9H,7-8H2,1-4H3,(H,16,17). The van der Waals surface area contributed by atoms with Crippen molar-refractivity contribution in [3.63, 3.8) is 0 Å². The van der Waals surface area contributed by atoms with E-state index in [2.05, 4.69) is 9.71 Å². The van der Waals surface area contributed by atoms with Gasteiger partial charge in [0.05, 0.1) is 25.7 Å². The number of nitrogens with zero attached hydrogens (tertiary/aromatic N) is 1. The largest absolute Gasteiger partial charge is 0.493 e. The van der Waals surface area contributed by atoms with Crippen LogP contribution in [0.5, 0.6) is 11.5 Å². The summed E-state index contributed by atoms with van der Waals surface area (Å²) in [7, 11) is -0.338. The van der Waals surface area contributed by atoms with E-state index in [1.54, 1.807) is 26.4 Å². The molecule has 0 amide bonds. The Morgan fingerprint density at radius 3 is 2.43 bits per heavy atom. The number of anilines is 1. The van der Waals surface area contributed by atoms with Crippen molar-refractivity contribution in [1.82, 2.24) is 4.98 Å². The van der Waals surface area contributed by atoms with Crippen molar-refractivity contribution in [3.05, 3.63) is 34.3 Å². The highest BCUT2D eigenvalue weighted by molar-refractivity contribution is 7.92. The van der Waals surface area contributed by atoms with E-state index < -0.39 is 10.0 Å². The molecule has 23 heavy (non-hydrogen) atoms. The van der Waals surface area contributed by atoms with Crippen molar-refractivity contribution >= 4 is 26.5 Å². The Balaban J connectivity index is 2.04. The summed E-state index contributed by atoms with van der Waals surface area (Å²) in [6.07, 6.45) is 0.374. The summed E-state index contributed by atoms with van der Waals surface area (Å²) < 4.78 is 37.3. The molecule has 6 nitrogen and oxygen atoms in total. The summed E-state index contributed by atoms with van der Waals surface area (Å²) in [4.78, 5) is 5.19. The number of hydrogen-bond donors (Lipinski definition) is 1. The molecule has 0 bridgehead atoms. The van der Waals surface area contributed by atoms with E-state index in [1.165, 1.54) is 11.3 Å². The highest BCUT2D eigenvalue weighted by atomic mass is 32.2. The molecule has 0 aliphatic carbocycles. The van der Waals surface area contributed by atoms with Crippen LogP contribution in [-0.2, 0) is 16.4 Å². The zero-order valence-corrected chi connectivity index (χ0v) is 15.2. The van der Waals surface area contributed by atoms with Gasteiger partial charge >= 0.3 is 0 Å². The first-order chi connectivity index (χ1) is 10.8. The third-order valence-corrected chi connectivity index (χ3v) is 5.74. The molecule has 0 aliphatic rings. The molecule has 0 unspecified atom stereocenters. The number of thiazole rings is 1. The maximum Gasteiger partial charge on any atom is 0.234 e. The van der Waals surface area contributed by atoms with E-state index in [4.69, 9.17) is 9.47 Å². The second-order valence-corrected chi connectivity index (χ2v) is 8.07. The second-order valence-electron chi connectivity index (χ2n) is 5.02. The lowest BCUT2D eigenvalue weighted by molar-refractivity contribution is 0.354. The summed E-state index contributed by atoms with van der Waals surface area (Å²) >= 11 is 1.34. The number of nitrogens with one attached hydrogen (secondary N) is 1. The number of aromatic nitrogens is 1. The van der Waals surface area contributed by atoms with E-state index in [1.807, 2.05) is 19.9 Å². The Bertz CT molecular complexity index is 765. The molecule has 2 aromatic rings. The number of rotatable bonds is 7. The summed E-state index contributed by atoms with van der Waals surface area (Å²) in [5.74, 6) is 1.17. The lowest BCUT2D eigenvalue weighted by Gasteiger charge is -2.10. The normalized spacial score (nSPS) is 11.3. The van der Waals surface area contributed by atoms with Crippen molar-refractivity contribution in [3.8, 4) is 11.5 Å². The number of benzene rings is 1. The zero-order valence-electron chi connectivity index (χ0n) is 13.5. The van der Waals surface area contributed by atoms with Gasteiger partial charge in [-0.3, -0.25) is 4.72 Å². The van der Waals surface area contributed by atoms with Crippen LogP contribution in [0.4, 0.5) is 5.13 Å². The van der Waals surface area contributed by atoms with Crippen LogP contribution in [0.3, 0.4) is 0 Å². The van der Waals surface area contributed by atoms with Crippen LogP contribution >= 0.6 is 11.3 Å². The summed E-state index contributed by atoms with van der Waals surface area (Å²) in [6, 6.07) is 5.38. The first kappa shape index (κ1) is 17.6. The van der Waals surface area contributed by atoms with Crippen LogP contribution in [0.15, 0.2) is 18.2 Å². The quantitative estimate of drug-likeness (QED) is 0.825. The van der Waals surface area contributed by atoms with Crippen molar-refractivity contribution in [2.75, 3.05) is 24.7 Å². The predicted molar refractivity (Wildman–Crippen MR) is 92.2 cm³/mol. The monoisotopic (exact) mass is 356 g/mol. The van der Waals surface area contributed by atoms with Crippen LogP contribution in [0, 0.1) is 13.8 Å². The molecule has 1 aromatic carbocycles. The highest BCUT2D eigenvalue weighted by Crippen LogP contribution is 2.28. The van der Waals surface area contributed by atoms with Crippen molar-refractivity contribution in [1.29, 1.82) is 0 Å². The van der Waals surface area contributed by atoms with Gasteiger partial charge in [0, 0.05) is 4.88 Å². The molecular weight excluding hydrogens is 336 g/mol. The van der Waals surface area contributed by atoms with Gasteiger partial charge in [-0.15, -0.1) is 11.3 Å². The molecule has 1 heterocycles. The summed E-state index contributed by atoms with van der Waals surface area (Å²) in [5, 5.41) is 0.410.